The molecule has 1 saturated heterocycles. The molecule has 0 radical (unpaired) electrons. The van der Waals surface area contributed by atoms with Crippen LogP contribution in [0.25, 0.3) is 0 Å². The molecule has 0 spiro atoms. The first-order valence-electron chi connectivity index (χ1n) is 12.0. The Kier molecular flexibility index (Phi) is 7.29. The van der Waals surface area contributed by atoms with E-state index in [-0.39, 0.29) is 18.0 Å². The van der Waals surface area contributed by atoms with Crippen molar-refractivity contribution in [2.75, 3.05) is 19.6 Å². The van der Waals surface area contributed by atoms with E-state index in [2.05, 4.69) is 29.6 Å². The Bertz CT molecular complexity index is 1010. The number of carbonyl (C=O) groups is 2. The number of halogens is 3. The Morgan fingerprint density at radius 2 is 1.71 bits per heavy atom. The molecule has 4 rings (SSSR count). The average molecular weight is 473 g/mol. The van der Waals surface area contributed by atoms with Crippen molar-refractivity contribution in [3.63, 3.8) is 0 Å². The summed E-state index contributed by atoms with van der Waals surface area (Å²) in [4.78, 5) is 26.7. The zero-order chi connectivity index (χ0) is 24.3. The second-order valence-corrected chi connectivity index (χ2v) is 9.68. The van der Waals surface area contributed by atoms with Crippen molar-refractivity contribution >= 4 is 11.8 Å². The second-order valence-electron chi connectivity index (χ2n) is 9.68. The van der Waals surface area contributed by atoms with E-state index in [1.165, 1.54) is 31.2 Å². The van der Waals surface area contributed by atoms with Crippen molar-refractivity contribution in [1.29, 1.82) is 0 Å². The number of nitrogens with zero attached hydrogens (tertiary/aromatic N) is 1. The van der Waals surface area contributed by atoms with E-state index >= 15 is 0 Å². The molecule has 1 atom stereocenters. The molecular formula is C27H31F3N2O2. The van der Waals surface area contributed by atoms with Gasteiger partial charge >= 0.3 is 0 Å². The van der Waals surface area contributed by atoms with Crippen LogP contribution in [-0.4, -0.2) is 36.3 Å². The first-order chi connectivity index (χ1) is 16.2. The van der Waals surface area contributed by atoms with E-state index in [1.807, 2.05) is 6.07 Å². The van der Waals surface area contributed by atoms with Gasteiger partial charge in [-0.05, 0) is 73.6 Å². The molecule has 1 aliphatic carbocycles. The van der Waals surface area contributed by atoms with Crippen LogP contribution in [0.3, 0.4) is 0 Å². The molecule has 182 valence electrons. The SMILES string of the molecule is CC(F)(F)c1ccc(C(=O)NCC(=O)N2CCC(C3CCC(c4ccccc4)CC3)C2)cc1F. The maximum Gasteiger partial charge on any atom is 0.273 e. The van der Waals surface area contributed by atoms with Crippen molar-refractivity contribution in [2.24, 2.45) is 11.8 Å². The molecule has 2 amide bonds. The molecule has 7 heteroatoms. The van der Waals surface area contributed by atoms with E-state index in [0.717, 1.165) is 24.6 Å². The number of rotatable bonds is 6. The minimum Gasteiger partial charge on any atom is -0.343 e. The summed E-state index contributed by atoms with van der Waals surface area (Å²) in [5.74, 6) is -3.59. The van der Waals surface area contributed by atoms with Gasteiger partial charge in [-0.15, -0.1) is 0 Å². The molecule has 2 aliphatic rings. The fraction of sp³-hybridized carbons (Fsp3) is 0.481. The highest BCUT2D eigenvalue weighted by Gasteiger charge is 2.34. The predicted octanol–water partition coefficient (Wildman–Crippen LogP) is 5.49. The molecule has 4 nitrogen and oxygen atoms in total. The van der Waals surface area contributed by atoms with Gasteiger partial charge < -0.3 is 10.2 Å². The summed E-state index contributed by atoms with van der Waals surface area (Å²) < 4.78 is 40.7. The van der Waals surface area contributed by atoms with Gasteiger partial charge in [0, 0.05) is 25.6 Å². The number of nitrogens with one attached hydrogen (secondary N) is 1. The summed E-state index contributed by atoms with van der Waals surface area (Å²) in [6, 6.07) is 13.5. The van der Waals surface area contributed by atoms with Crippen molar-refractivity contribution in [3.8, 4) is 0 Å². The van der Waals surface area contributed by atoms with Gasteiger partial charge in [-0.3, -0.25) is 9.59 Å². The second kappa shape index (κ2) is 10.2. The van der Waals surface area contributed by atoms with Crippen LogP contribution in [0.4, 0.5) is 13.2 Å². The van der Waals surface area contributed by atoms with Crippen LogP contribution in [0.1, 0.15) is 66.4 Å². The molecule has 1 saturated carbocycles. The van der Waals surface area contributed by atoms with Crippen LogP contribution in [0.2, 0.25) is 0 Å². The fourth-order valence-electron chi connectivity index (χ4n) is 5.43. The number of benzene rings is 2. The normalized spacial score (nSPS) is 23.1. The molecule has 1 heterocycles. The summed E-state index contributed by atoms with van der Waals surface area (Å²) in [7, 11) is 0. The number of amides is 2. The highest BCUT2D eigenvalue weighted by atomic mass is 19.3. The monoisotopic (exact) mass is 472 g/mol. The zero-order valence-corrected chi connectivity index (χ0v) is 19.4. The summed E-state index contributed by atoms with van der Waals surface area (Å²) in [5, 5.41) is 2.50. The molecule has 1 aliphatic heterocycles. The largest absolute Gasteiger partial charge is 0.343 e. The van der Waals surface area contributed by atoms with E-state index < -0.39 is 23.2 Å². The van der Waals surface area contributed by atoms with Gasteiger partial charge in [-0.25, -0.2) is 13.2 Å². The highest BCUT2D eigenvalue weighted by Crippen LogP contribution is 2.41. The maximum absolute atomic E-state index is 14.0. The van der Waals surface area contributed by atoms with E-state index in [0.29, 0.717) is 37.8 Å². The topological polar surface area (TPSA) is 49.4 Å². The van der Waals surface area contributed by atoms with Crippen molar-refractivity contribution in [1.82, 2.24) is 10.2 Å². The van der Waals surface area contributed by atoms with Gasteiger partial charge in [0.1, 0.15) is 5.82 Å². The molecule has 0 bridgehead atoms. The lowest BCUT2D eigenvalue weighted by molar-refractivity contribution is -0.129. The van der Waals surface area contributed by atoms with Gasteiger partial charge in [-0.1, -0.05) is 30.3 Å². The predicted molar refractivity (Wildman–Crippen MR) is 124 cm³/mol. The fourth-order valence-corrected chi connectivity index (χ4v) is 5.43. The minimum absolute atomic E-state index is 0.0900. The van der Waals surface area contributed by atoms with Crippen molar-refractivity contribution < 1.29 is 22.8 Å². The third kappa shape index (κ3) is 5.62. The summed E-state index contributed by atoms with van der Waals surface area (Å²) in [6.45, 7) is 1.78. The number of alkyl halides is 2. The molecule has 1 unspecified atom stereocenters. The first-order valence-corrected chi connectivity index (χ1v) is 12.0. The summed E-state index contributed by atoms with van der Waals surface area (Å²) >= 11 is 0. The van der Waals surface area contributed by atoms with E-state index in [4.69, 9.17) is 0 Å². The Labute approximate surface area is 198 Å². The molecule has 0 aromatic heterocycles. The third-order valence-electron chi connectivity index (χ3n) is 7.39. The third-order valence-corrected chi connectivity index (χ3v) is 7.39. The highest BCUT2D eigenvalue weighted by molar-refractivity contribution is 5.96. The van der Waals surface area contributed by atoms with Gasteiger partial charge in [-0.2, -0.15) is 0 Å². The number of carbonyl (C=O) groups excluding carboxylic acids is 2. The van der Waals surface area contributed by atoms with Gasteiger partial charge in [0.2, 0.25) is 5.91 Å². The summed E-state index contributed by atoms with van der Waals surface area (Å²) in [6.07, 6.45) is 5.66. The molecule has 34 heavy (non-hydrogen) atoms. The van der Waals surface area contributed by atoms with E-state index in [9.17, 15) is 22.8 Å². The van der Waals surface area contributed by atoms with Crippen LogP contribution >= 0.6 is 0 Å². The van der Waals surface area contributed by atoms with Crippen LogP contribution < -0.4 is 5.32 Å². The molecular weight excluding hydrogens is 441 g/mol. The Morgan fingerprint density at radius 3 is 2.35 bits per heavy atom. The quantitative estimate of drug-likeness (QED) is 0.605. The zero-order valence-electron chi connectivity index (χ0n) is 19.4. The number of hydrogen-bond acceptors (Lipinski definition) is 2. The average Bonchev–Trinajstić information content (AvgIpc) is 3.32. The Hall–Kier alpha value is -2.83. The standard InChI is InChI=1S/C27H31F3N2O2/c1-27(29,30)23-12-11-21(15-24(23)28)26(34)31-16-25(33)32-14-13-22(17-32)20-9-7-19(8-10-20)18-5-3-2-4-6-18/h2-6,11-12,15,19-20,22H,7-10,13-14,16-17H2,1H3,(H,31,34). The van der Waals surface area contributed by atoms with Crippen LogP contribution in [0, 0.1) is 17.7 Å². The summed E-state index contributed by atoms with van der Waals surface area (Å²) in [5.41, 5.74) is 0.562. The van der Waals surface area contributed by atoms with Gasteiger partial charge in [0.15, 0.2) is 0 Å². The number of likely N-dealkylation sites (tertiary alicyclic amines) is 1. The van der Waals surface area contributed by atoms with Crippen molar-refractivity contribution in [2.45, 2.75) is 50.9 Å². The first kappa shape index (κ1) is 24.3. The maximum atomic E-state index is 14.0. The smallest absolute Gasteiger partial charge is 0.273 e. The van der Waals surface area contributed by atoms with Gasteiger partial charge in [0.05, 0.1) is 12.1 Å². The Balaban J connectivity index is 1.24. The lowest BCUT2D eigenvalue weighted by Crippen LogP contribution is -2.39. The minimum atomic E-state index is -3.33. The number of hydrogen-bond donors (Lipinski definition) is 1. The lowest BCUT2D eigenvalue weighted by Gasteiger charge is -2.32. The Morgan fingerprint density at radius 1 is 1.00 bits per heavy atom. The van der Waals surface area contributed by atoms with Crippen LogP contribution in [-0.2, 0) is 10.7 Å². The molecule has 2 fully saturated rings. The molecule has 2 aromatic rings. The van der Waals surface area contributed by atoms with Gasteiger partial charge in [0.25, 0.3) is 11.8 Å². The molecule has 1 N–H and O–H groups in total. The lowest BCUT2D eigenvalue weighted by atomic mass is 9.73. The van der Waals surface area contributed by atoms with Crippen LogP contribution in [0.15, 0.2) is 48.5 Å². The van der Waals surface area contributed by atoms with Crippen molar-refractivity contribution in [3.05, 3.63) is 71.0 Å². The molecule has 2 aromatic carbocycles. The van der Waals surface area contributed by atoms with Crippen LogP contribution in [0.5, 0.6) is 0 Å². The van der Waals surface area contributed by atoms with E-state index in [1.54, 1.807) is 4.90 Å².